The molecule has 2 atom stereocenters. The van der Waals surface area contributed by atoms with Gasteiger partial charge in [0, 0.05) is 12.0 Å². The van der Waals surface area contributed by atoms with E-state index in [9.17, 15) is 15.0 Å². The number of carbonyl (C=O) groups is 1. The van der Waals surface area contributed by atoms with E-state index in [2.05, 4.69) is 31.2 Å². The van der Waals surface area contributed by atoms with Crippen molar-refractivity contribution in [2.45, 2.75) is 70.8 Å². The predicted octanol–water partition coefficient (Wildman–Crippen LogP) is 4.89. The molecule has 4 N–H and O–H groups in total. The highest BCUT2D eigenvalue weighted by Crippen LogP contribution is 2.27. The number of aldehydes is 1. The van der Waals surface area contributed by atoms with Crippen LogP contribution in [0.1, 0.15) is 73.8 Å². The summed E-state index contributed by atoms with van der Waals surface area (Å²) in [5.74, 6) is 0.650. The minimum absolute atomic E-state index is 0.106. The summed E-state index contributed by atoms with van der Waals surface area (Å²) in [7, 11) is 0. The van der Waals surface area contributed by atoms with Crippen molar-refractivity contribution in [2.24, 2.45) is 11.7 Å². The van der Waals surface area contributed by atoms with E-state index in [1.54, 1.807) is 18.2 Å². The molecule has 0 amide bonds. The molecule has 0 heterocycles. The summed E-state index contributed by atoms with van der Waals surface area (Å²) in [6.07, 6.45) is 8.71. The van der Waals surface area contributed by atoms with Crippen molar-refractivity contribution in [1.29, 1.82) is 0 Å². The van der Waals surface area contributed by atoms with Gasteiger partial charge in [0.15, 0.2) is 0 Å². The number of aliphatic hydroxyl groups is 1. The Labute approximate surface area is 181 Å². The fourth-order valence-corrected chi connectivity index (χ4v) is 3.82. The zero-order chi connectivity index (χ0) is 21.8. The second kappa shape index (κ2) is 13.2. The van der Waals surface area contributed by atoms with Crippen LogP contribution < -0.4 is 5.73 Å². The molecule has 164 valence electrons. The standard InChI is InChI=1S/C26H37NO3/c1-20(5-4-7-22-11-9-21(10-12-22)6-2-3-17-27)8-14-25(29)23-13-15-26(30)24(19-23)16-18-28/h9-13,15,18-20,25,29-30H,2-8,14,16-17,27H2,1H3/t20-,25-/m0/s1. The van der Waals surface area contributed by atoms with Crippen LogP contribution >= 0.6 is 0 Å². The number of aliphatic hydroxyl groups excluding tert-OH is 1. The number of benzene rings is 2. The summed E-state index contributed by atoms with van der Waals surface area (Å²) in [4.78, 5) is 10.7. The van der Waals surface area contributed by atoms with E-state index < -0.39 is 6.10 Å². The van der Waals surface area contributed by atoms with Gasteiger partial charge in [0.2, 0.25) is 0 Å². The molecule has 0 spiro atoms. The van der Waals surface area contributed by atoms with Gasteiger partial charge in [-0.2, -0.15) is 0 Å². The minimum atomic E-state index is -0.565. The van der Waals surface area contributed by atoms with E-state index in [-0.39, 0.29) is 12.2 Å². The average molecular weight is 412 g/mol. The van der Waals surface area contributed by atoms with E-state index in [1.165, 1.54) is 11.1 Å². The predicted molar refractivity (Wildman–Crippen MR) is 123 cm³/mol. The van der Waals surface area contributed by atoms with E-state index in [0.717, 1.165) is 63.3 Å². The Morgan fingerprint density at radius 1 is 0.933 bits per heavy atom. The van der Waals surface area contributed by atoms with Crippen LogP contribution in [0.25, 0.3) is 0 Å². The summed E-state index contributed by atoms with van der Waals surface area (Å²) >= 11 is 0. The lowest BCUT2D eigenvalue weighted by Crippen LogP contribution is -2.03. The Kier molecular flexibility index (Phi) is 10.6. The van der Waals surface area contributed by atoms with Crippen LogP contribution in [0.15, 0.2) is 42.5 Å². The molecule has 4 heteroatoms. The number of nitrogens with two attached hydrogens (primary N) is 1. The molecule has 4 nitrogen and oxygen atoms in total. The van der Waals surface area contributed by atoms with Gasteiger partial charge in [0.05, 0.1) is 6.10 Å². The van der Waals surface area contributed by atoms with Crippen LogP contribution in [0.4, 0.5) is 0 Å². The van der Waals surface area contributed by atoms with Crippen LogP contribution in [-0.2, 0) is 24.1 Å². The van der Waals surface area contributed by atoms with Gasteiger partial charge < -0.3 is 20.7 Å². The zero-order valence-electron chi connectivity index (χ0n) is 18.2. The molecule has 30 heavy (non-hydrogen) atoms. The highest BCUT2D eigenvalue weighted by molar-refractivity contribution is 5.57. The summed E-state index contributed by atoms with van der Waals surface area (Å²) in [6.45, 7) is 3.01. The maximum Gasteiger partial charge on any atom is 0.124 e. The molecular weight excluding hydrogens is 374 g/mol. The molecular formula is C26H37NO3. The third-order valence-corrected chi connectivity index (χ3v) is 5.83. The molecule has 0 aliphatic rings. The van der Waals surface area contributed by atoms with Gasteiger partial charge in [0.25, 0.3) is 0 Å². The van der Waals surface area contributed by atoms with Crippen molar-refractivity contribution in [1.82, 2.24) is 0 Å². The van der Waals surface area contributed by atoms with Crippen LogP contribution in [0.5, 0.6) is 5.75 Å². The Hall–Kier alpha value is -2.17. The number of phenols is 1. The van der Waals surface area contributed by atoms with Crippen LogP contribution in [0.3, 0.4) is 0 Å². The summed E-state index contributed by atoms with van der Waals surface area (Å²) in [6, 6.07) is 14.0. The Bertz CT molecular complexity index is 757. The number of carbonyl (C=O) groups excluding carboxylic acids is 1. The van der Waals surface area contributed by atoms with Crippen molar-refractivity contribution in [2.75, 3.05) is 6.54 Å². The number of hydrogen-bond acceptors (Lipinski definition) is 4. The SMILES string of the molecule is C[C@@H](CCCc1ccc(CCCCN)cc1)CC[C@H](O)c1ccc(O)c(CC=O)c1. The molecule has 0 saturated carbocycles. The van der Waals surface area contributed by atoms with Crippen LogP contribution in [0, 0.1) is 5.92 Å². The molecule has 0 saturated heterocycles. The lowest BCUT2D eigenvalue weighted by molar-refractivity contribution is -0.107. The van der Waals surface area contributed by atoms with Crippen molar-refractivity contribution in [3.05, 3.63) is 64.7 Å². The molecule has 0 aliphatic carbocycles. The number of aromatic hydroxyl groups is 1. The Morgan fingerprint density at radius 3 is 2.23 bits per heavy atom. The fourth-order valence-electron chi connectivity index (χ4n) is 3.82. The quantitative estimate of drug-likeness (QED) is 0.305. The molecule has 2 aromatic carbocycles. The highest BCUT2D eigenvalue weighted by atomic mass is 16.3. The lowest BCUT2D eigenvalue weighted by atomic mass is 9.93. The number of hydrogen-bond donors (Lipinski definition) is 3. The van der Waals surface area contributed by atoms with Gasteiger partial charge in [-0.1, -0.05) is 43.7 Å². The smallest absolute Gasteiger partial charge is 0.124 e. The second-order valence-electron chi connectivity index (χ2n) is 8.41. The van der Waals surface area contributed by atoms with Crippen molar-refractivity contribution >= 4 is 6.29 Å². The first-order chi connectivity index (χ1) is 14.5. The summed E-state index contributed by atoms with van der Waals surface area (Å²) < 4.78 is 0. The molecule has 2 rings (SSSR count). The maximum atomic E-state index is 10.7. The molecule has 0 radical (unpaired) electrons. The first kappa shape index (κ1) is 24.1. The van der Waals surface area contributed by atoms with Gasteiger partial charge in [-0.25, -0.2) is 0 Å². The third kappa shape index (κ3) is 8.29. The second-order valence-corrected chi connectivity index (χ2v) is 8.41. The first-order valence-electron chi connectivity index (χ1n) is 11.2. The van der Waals surface area contributed by atoms with Gasteiger partial charge in [-0.3, -0.25) is 0 Å². The van der Waals surface area contributed by atoms with Gasteiger partial charge in [-0.15, -0.1) is 0 Å². The van der Waals surface area contributed by atoms with E-state index in [0.29, 0.717) is 17.9 Å². The van der Waals surface area contributed by atoms with Gasteiger partial charge >= 0.3 is 0 Å². The molecule has 0 aromatic heterocycles. The average Bonchev–Trinajstić information content (AvgIpc) is 2.75. The number of rotatable bonds is 14. The lowest BCUT2D eigenvalue weighted by Gasteiger charge is -2.16. The van der Waals surface area contributed by atoms with Crippen molar-refractivity contribution in [3.63, 3.8) is 0 Å². The van der Waals surface area contributed by atoms with E-state index in [1.807, 2.05) is 0 Å². The molecule has 0 unspecified atom stereocenters. The van der Waals surface area contributed by atoms with Crippen molar-refractivity contribution in [3.8, 4) is 5.75 Å². The largest absolute Gasteiger partial charge is 0.508 e. The highest BCUT2D eigenvalue weighted by Gasteiger charge is 2.12. The van der Waals surface area contributed by atoms with Crippen molar-refractivity contribution < 1.29 is 15.0 Å². The number of unbranched alkanes of at least 4 members (excludes halogenated alkanes) is 1. The Balaban J connectivity index is 1.70. The third-order valence-electron chi connectivity index (χ3n) is 5.83. The summed E-state index contributed by atoms with van der Waals surface area (Å²) in [5.41, 5.74) is 9.66. The van der Waals surface area contributed by atoms with Crippen LogP contribution in [-0.4, -0.2) is 23.0 Å². The molecule has 0 fully saturated rings. The van der Waals surface area contributed by atoms with E-state index in [4.69, 9.17) is 5.73 Å². The Morgan fingerprint density at radius 2 is 1.60 bits per heavy atom. The number of aryl methyl sites for hydroxylation is 2. The first-order valence-corrected chi connectivity index (χ1v) is 11.2. The summed E-state index contributed by atoms with van der Waals surface area (Å²) in [5, 5.41) is 20.3. The van der Waals surface area contributed by atoms with Crippen LogP contribution in [0.2, 0.25) is 0 Å². The van der Waals surface area contributed by atoms with Gasteiger partial charge in [-0.05, 0) is 86.2 Å². The maximum absolute atomic E-state index is 10.7. The molecule has 0 aliphatic heterocycles. The fraction of sp³-hybridized carbons (Fsp3) is 0.500. The van der Waals surface area contributed by atoms with Gasteiger partial charge in [0.1, 0.15) is 12.0 Å². The topological polar surface area (TPSA) is 83.6 Å². The van der Waals surface area contributed by atoms with E-state index >= 15 is 0 Å². The number of phenolic OH excluding ortho intramolecular Hbond substituents is 1. The zero-order valence-corrected chi connectivity index (χ0v) is 18.2. The molecule has 2 aromatic rings. The molecule has 0 bridgehead atoms. The minimum Gasteiger partial charge on any atom is -0.508 e. The normalized spacial score (nSPS) is 13.2. The monoisotopic (exact) mass is 411 g/mol.